The Labute approximate surface area is 128 Å². The molecule has 4 heteroatoms. The predicted molar refractivity (Wildman–Crippen MR) is 86.8 cm³/mol. The summed E-state index contributed by atoms with van der Waals surface area (Å²) >= 11 is 0. The van der Waals surface area contributed by atoms with E-state index in [9.17, 15) is 0 Å². The molecular formula is C17H28N2O2. The molecule has 0 aliphatic carbocycles. The van der Waals surface area contributed by atoms with E-state index in [1.165, 1.54) is 16.8 Å². The van der Waals surface area contributed by atoms with Gasteiger partial charge in [0.05, 0.1) is 19.3 Å². The number of rotatable bonds is 7. The van der Waals surface area contributed by atoms with Crippen molar-refractivity contribution in [1.82, 2.24) is 5.32 Å². The van der Waals surface area contributed by atoms with Crippen molar-refractivity contribution in [2.75, 3.05) is 37.7 Å². The second kappa shape index (κ2) is 8.37. The van der Waals surface area contributed by atoms with Crippen LogP contribution in [0.15, 0.2) is 18.2 Å². The number of anilines is 1. The van der Waals surface area contributed by atoms with Gasteiger partial charge in [0.25, 0.3) is 0 Å². The van der Waals surface area contributed by atoms with Crippen LogP contribution in [0.5, 0.6) is 0 Å². The van der Waals surface area contributed by atoms with E-state index in [0.717, 1.165) is 39.0 Å². The number of hydrogen-bond donors (Lipinski definition) is 2. The highest BCUT2D eigenvalue weighted by atomic mass is 16.5. The second-order valence-electron chi connectivity index (χ2n) is 5.67. The van der Waals surface area contributed by atoms with Gasteiger partial charge in [0.15, 0.2) is 0 Å². The third kappa shape index (κ3) is 4.70. The third-order valence-electron chi connectivity index (χ3n) is 4.14. The molecule has 118 valence electrons. The molecule has 4 nitrogen and oxygen atoms in total. The van der Waals surface area contributed by atoms with Crippen molar-refractivity contribution in [2.24, 2.45) is 0 Å². The maximum absolute atomic E-state index is 8.80. The Morgan fingerprint density at radius 2 is 2.10 bits per heavy atom. The average molecular weight is 292 g/mol. The van der Waals surface area contributed by atoms with Crippen LogP contribution in [0, 0.1) is 6.92 Å². The van der Waals surface area contributed by atoms with E-state index < -0.39 is 0 Å². The zero-order valence-electron chi connectivity index (χ0n) is 13.3. The van der Waals surface area contributed by atoms with E-state index in [2.05, 4.69) is 42.3 Å². The van der Waals surface area contributed by atoms with Crippen LogP contribution in [0.2, 0.25) is 0 Å². The molecule has 1 saturated heterocycles. The highest BCUT2D eigenvalue weighted by molar-refractivity contribution is 5.51. The fraction of sp³-hybridized carbons (Fsp3) is 0.647. The first-order valence-electron chi connectivity index (χ1n) is 8.02. The lowest BCUT2D eigenvalue weighted by atomic mass is 10.0. The molecule has 0 amide bonds. The van der Waals surface area contributed by atoms with Gasteiger partial charge in [-0.3, -0.25) is 0 Å². The minimum Gasteiger partial charge on any atom is -0.394 e. The van der Waals surface area contributed by atoms with Gasteiger partial charge in [-0.05, 0) is 49.6 Å². The molecule has 0 unspecified atom stereocenters. The van der Waals surface area contributed by atoms with E-state index in [4.69, 9.17) is 9.84 Å². The number of nitrogens with one attached hydrogen (secondary N) is 1. The number of aliphatic hydroxyl groups excluding tert-OH is 1. The number of nitrogens with zero attached hydrogens (tertiary/aromatic N) is 1. The summed E-state index contributed by atoms with van der Waals surface area (Å²) in [5, 5.41) is 12.2. The molecule has 0 aromatic heterocycles. The fourth-order valence-corrected chi connectivity index (χ4v) is 2.83. The predicted octanol–water partition coefficient (Wildman–Crippen LogP) is 2.08. The molecule has 0 spiro atoms. The van der Waals surface area contributed by atoms with E-state index in [1.54, 1.807) is 0 Å². The van der Waals surface area contributed by atoms with Gasteiger partial charge < -0.3 is 20.1 Å². The lowest BCUT2D eigenvalue weighted by Gasteiger charge is -2.33. The maximum Gasteiger partial charge on any atom is 0.0701 e. The average Bonchev–Trinajstić information content (AvgIpc) is 2.52. The van der Waals surface area contributed by atoms with Gasteiger partial charge in [-0.1, -0.05) is 13.0 Å². The van der Waals surface area contributed by atoms with E-state index in [-0.39, 0.29) is 6.61 Å². The Morgan fingerprint density at radius 1 is 1.33 bits per heavy atom. The van der Waals surface area contributed by atoms with Crippen molar-refractivity contribution in [3.05, 3.63) is 29.3 Å². The third-order valence-corrected chi connectivity index (χ3v) is 4.14. The molecule has 0 atom stereocenters. The molecule has 2 rings (SSSR count). The number of hydrogen-bond acceptors (Lipinski definition) is 4. The number of aryl methyl sites for hydroxylation is 1. The van der Waals surface area contributed by atoms with Crippen LogP contribution in [-0.4, -0.2) is 44.1 Å². The zero-order chi connectivity index (χ0) is 15.1. The summed E-state index contributed by atoms with van der Waals surface area (Å²) < 4.78 is 5.62. The number of benzene rings is 1. The fourth-order valence-electron chi connectivity index (χ4n) is 2.83. The molecule has 1 aliphatic heterocycles. The molecule has 1 fully saturated rings. The van der Waals surface area contributed by atoms with E-state index in [0.29, 0.717) is 12.7 Å². The Kier molecular flexibility index (Phi) is 6.49. The van der Waals surface area contributed by atoms with E-state index >= 15 is 0 Å². The second-order valence-corrected chi connectivity index (χ2v) is 5.67. The summed E-state index contributed by atoms with van der Waals surface area (Å²) in [6.07, 6.45) is 2.39. The van der Waals surface area contributed by atoms with Crippen molar-refractivity contribution >= 4 is 5.69 Å². The van der Waals surface area contributed by atoms with E-state index in [1.807, 2.05) is 0 Å². The molecular weight excluding hydrogens is 264 g/mol. The summed E-state index contributed by atoms with van der Waals surface area (Å²) in [7, 11) is 0. The normalized spacial score (nSPS) is 16.4. The first-order chi connectivity index (χ1) is 10.2. The SMILES string of the molecule is CCNCc1ccc(N2CCC(OCCO)CC2)cc1C. The lowest BCUT2D eigenvalue weighted by Crippen LogP contribution is -2.37. The quantitative estimate of drug-likeness (QED) is 0.808. The summed E-state index contributed by atoms with van der Waals surface area (Å²) in [5.41, 5.74) is 4.04. The highest BCUT2D eigenvalue weighted by Gasteiger charge is 2.20. The standard InChI is InChI=1S/C17H28N2O2/c1-3-18-13-15-4-5-16(12-14(15)2)19-8-6-17(7-9-19)21-11-10-20/h4-5,12,17-18,20H,3,6-11,13H2,1-2H3. The molecule has 21 heavy (non-hydrogen) atoms. The molecule has 2 N–H and O–H groups in total. The molecule has 1 heterocycles. The Bertz CT molecular complexity index is 429. The topological polar surface area (TPSA) is 44.7 Å². The van der Waals surface area contributed by atoms with Crippen LogP contribution in [0.1, 0.15) is 30.9 Å². The summed E-state index contributed by atoms with van der Waals surface area (Å²) in [5.74, 6) is 0. The van der Waals surface area contributed by atoms with Gasteiger partial charge >= 0.3 is 0 Å². The Morgan fingerprint density at radius 3 is 2.71 bits per heavy atom. The van der Waals surface area contributed by atoms with Crippen LogP contribution in [0.4, 0.5) is 5.69 Å². The highest BCUT2D eigenvalue weighted by Crippen LogP contribution is 2.24. The Hall–Kier alpha value is -1.10. The van der Waals surface area contributed by atoms with Crippen molar-refractivity contribution in [1.29, 1.82) is 0 Å². The zero-order valence-corrected chi connectivity index (χ0v) is 13.3. The molecule has 0 bridgehead atoms. The summed E-state index contributed by atoms with van der Waals surface area (Å²) in [4.78, 5) is 2.43. The number of ether oxygens (including phenoxy) is 1. The van der Waals surface area contributed by atoms with Crippen molar-refractivity contribution < 1.29 is 9.84 Å². The molecule has 1 aromatic rings. The molecule has 1 aromatic carbocycles. The smallest absolute Gasteiger partial charge is 0.0701 e. The first-order valence-corrected chi connectivity index (χ1v) is 8.02. The van der Waals surface area contributed by atoms with Crippen molar-refractivity contribution in [2.45, 2.75) is 39.3 Å². The number of piperidine rings is 1. The molecule has 0 saturated carbocycles. The van der Waals surface area contributed by atoms with Crippen LogP contribution >= 0.6 is 0 Å². The first kappa shape index (κ1) is 16.3. The minimum absolute atomic E-state index is 0.118. The molecule has 0 radical (unpaired) electrons. The summed E-state index contributed by atoms with van der Waals surface area (Å²) in [6.45, 7) is 8.90. The van der Waals surface area contributed by atoms with Crippen LogP contribution in [0.25, 0.3) is 0 Å². The van der Waals surface area contributed by atoms with Gasteiger partial charge in [0, 0.05) is 25.3 Å². The van der Waals surface area contributed by atoms with Gasteiger partial charge in [-0.15, -0.1) is 0 Å². The van der Waals surface area contributed by atoms with Gasteiger partial charge in [-0.2, -0.15) is 0 Å². The van der Waals surface area contributed by atoms with Gasteiger partial charge in [-0.25, -0.2) is 0 Å². The van der Waals surface area contributed by atoms with Crippen LogP contribution in [0.3, 0.4) is 0 Å². The van der Waals surface area contributed by atoms with Crippen molar-refractivity contribution in [3.8, 4) is 0 Å². The van der Waals surface area contributed by atoms with Crippen LogP contribution in [-0.2, 0) is 11.3 Å². The molecule has 1 aliphatic rings. The monoisotopic (exact) mass is 292 g/mol. The van der Waals surface area contributed by atoms with Crippen LogP contribution < -0.4 is 10.2 Å². The largest absolute Gasteiger partial charge is 0.394 e. The van der Waals surface area contributed by atoms with Gasteiger partial charge in [0.2, 0.25) is 0 Å². The number of aliphatic hydroxyl groups is 1. The minimum atomic E-state index is 0.118. The van der Waals surface area contributed by atoms with Crippen molar-refractivity contribution in [3.63, 3.8) is 0 Å². The lowest BCUT2D eigenvalue weighted by molar-refractivity contribution is 0.0159. The van der Waals surface area contributed by atoms with Gasteiger partial charge in [0.1, 0.15) is 0 Å². The Balaban J connectivity index is 1.89. The maximum atomic E-state index is 8.80. The summed E-state index contributed by atoms with van der Waals surface area (Å²) in [6, 6.07) is 6.76.